The molecule has 0 aromatic carbocycles. The van der Waals surface area contributed by atoms with Gasteiger partial charge in [-0.1, -0.05) is 0 Å². The summed E-state index contributed by atoms with van der Waals surface area (Å²) in [7, 11) is 1.53. The number of methoxy groups -OCH3 is 1. The van der Waals surface area contributed by atoms with E-state index in [2.05, 4.69) is 15.3 Å². The average molecular weight is 166 g/mol. The zero-order valence-corrected chi connectivity index (χ0v) is 6.31. The van der Waals surface area contributed by atoms with Gasteiger partial charge in [0.2, 0.25) is 0 Å². The molecule has 1 N–H and O–H groups in total. The van der Waals surface area contributed by atoms with Crippen LogP contribution in [0, 0.1) is 0 Å². The maximum absolute atomic E-state index is 10.9. The lowest BCUT2D eigenvalue weighted by Gasteiger charge is -1.96. The molecular weight excluding hydrogens is 160 g/mol. The lowest BCUT2D eigenvalue weighted by Crippen LogP contribution is -2.11. The molecule has 0 radical (unpaired) electrons. The van der Waals surface area contributed by atoms with Crippen molar-refractivity contribution in [2.45, 2.75) is 0 Å². The lowest BCUT2D eigenvalue weighted by molar-refractivity contribution is 0.411. The van der Waals surface area contributed by atoms with Crippen molar-refractivity contribution in [1.29, 1.82) is 0 Å². The fourth-order valence-corrected chi connectivity index (χ4v) is 0.900. The minimum absolute atomic E-state index is 0.354. The standard InChI is InChI=1S/C6H6N4O2/c1-12-4-2-5-8-9-6(11)10(5)7-3-4/h2-3H,1H3,(H,9,11). The summed E-state index contributed by atoms with van der Waals surface area (Å²) in [6.45, 7) is 0. The van der Waals surface area contributed by atoms with Crippen LogP contribution in [0.15, 0.2) is 17.1 Å². The second kappa shape index (κ2) is 2.33. The highest BCUT2D eigenvalue weighted by Crippen LogP contribution is 2.07. The summed E-state index contributed by atoms with van der Waals surface area (Å²) in [5, 5.41) is 9.77. The maximum Gasteiger partial charge on any atom is 0.364 e. The minimum Gasteiger partial charge on any atom is -0.495 e. The molecule has 2 aromatic rings. The van der Waals surface area contributed by atoms with Gasteiger partial charge in [-0.15, -0.1) is 0 Å². The molecule has 0 atom stereocenters. The second-order valence-electron chi connectivity index (χ2n) is 2.19. The fourth-order valence-electron chi connectivity index (χ4n) is 0.900. The fraction of sp³-hybridized carbons (Fsp3) is 0.167. The van der Waals surface area contributed by atoms with Crippen LogP contribution in [-0.2, 0) is 0 Å². The van der Waals surface area contributed by atoms with Crippen molar-refractivity contribution < 1.29 is 4.74 Å². The largest absolute Gasteiger partial charge is 0.495 e. The summed E-state index contributed by atoms with van der Waals surface area (Å²) in [6.07, 6.45) is 1.45. The molecule has 0 spiro atoms. The van der Waals surface area contributed by atoms with Crippen LogP contribution < -0.4 is 10.4 Å². The molecular formula is C6H6N4O2. The van der Waals surface area contributed by atoms with Gasteiger partial charge in [-0.2, -0.15) is 14.7 Å². The van der Waals surface area contributed by atoms with Gasteiger partial charge in [-0.3, -0.25) is 0 Å². The molecule has 0 saturated carbocycles. The van der Waals surface area contributed by atoms with Gasteiger partial charge in [-0.05, 0) is 0 Å². The molecule has 62 valence electrons. The topological polar surface area (TPSA) is 72.3 Å². The predicted octanol–water partition coefficient (Wildman–Crippen LogP) is -0.574. The van der Waals surface area contributed by atoms with E-state index in [-0.39, 0.29) is 5.69 Å². The molecule has 0 unspecified atom stereocenters. The van der Waals surface area contributed by atoms with E-state index in [4.69, 9.17) is 4.74 Å². The number of aromatic amines is 1. The number of ether oxygens (including phenoxy) is 1. The van der Waals surface area contributed by atoms with E-state index in [1.807, 2.05) is 0 Å². The van der Waals surface area contributed by atoms with E-state index in [1.165, 1.54) is 13.3 Å². The van der Waals surface area contributed by atoms with Crippen molar-refractivity contribution in [1.82, 2.24) is 19.8 Å². The number of fused-ring (bicyclic) bond motifs is 1. The summed E-state index contributed by atoms with van der Waals surface area (Å²) >= 11 is 0. The van der Waals surface area contributed by atoms with Gasteiger partial charge in [0.1, 0.15) is 5.75 Å². The van der Waals surface area contributed by atoms with E-state index in [0.29, 0.717) is 11.4 Å². The van der Waals surface area contributed by atoms with Crippen molar-refractivity contribution >= 4 is 5.65 Å². The van der Waals surface area contributed by atoms with Gasteiger partial charge in [0, 0.05) is 6.07 Å². The molecule has 0 aliphatic carbocycles. The van der Waals surface area contributed by atoms with Crippen molar-refractivity contribution in [2.75, 3.05) is 7.11 Å². The number of hydrogen-bond donors (Lipinski definition) is 1. The van der Waals surface area contributed by atoms with Crippen LogP contribution in [0.25, 0.3) is 5.65 Å². The summed E-state index contributed by atoms with van der Waals surface area (Å²) in [6, 6.07) is 1.62. The third-order valence-electron chi connectivity index (χ3n) is 1.48. The zero-order chi connectivity index (χ0) is 8.55. The number of nitrogens with zero attached hydrogens (tertiary/aromatic N) is 3. The Balaban J connectivity index is 2.77. The summed E-state index contributed by atoms with van der Waals surface area (Å²) in [5.74, 6) is 0.571. The summed E-state index contributed by atoms with van der Waals surface area (Å²) < 4.78 is 6.06. The Bertz CT molecular complexity index is 458. The van der Waals surface area contributed by atoms with Gasteiger partial charge in [0.25, 0.3) is 0 Å². The SMILES string of the molecule is COc1cnn2c(=O)[nH]nc2c1. The van der Waals surface area contributed by atoms with E-state index in [1.54, 1.807) is 6.07 Å². The molecule has 0 aliphatic heterocycles. The Morgan fingerprint density at radius 3 is 3.25 bits per heavy atom. The molecule has 0 amide bonds. The molecule has 2 heterocycles. The van der Waals surface area contributed by atoms with Crippen molar-refractivity contribution in [3.05, 3.63) is 22.7 Å². The molecule has 12 heavy (non-hydrogen) atoms. The van der Waals surface area contributed by atoms with Crippen LogP contribution in [0.5, 0.6) is 5.75 Å². The van der Waals surface area contributed by atoms with Crippen LogP contribution in [0.1, 0.15) is 0 Å². The number of rotatable bonds is 1. The van der Waals surface area contributed by atoms with Crippen molar-refractivity contribution in [2.24, 2.45) is 0 Å². The van der Waals surface area contributed by atoms with Gasteiger partial charge < -0.3 is 4.74 Å². The number of nitrogens with one attached hydrogen (secondary N) is 1. The molecule has 0 bridgehead atoms. The molecule has 0 fully saturated rings. The van der Waals surface area contributed by atoms with E-state index in [0.717, 1.165) is 4.52 Å². The molecule has 0 saturated heterocycles. The Hall–Kier alpha value is -1.85. The van der Waals surface area contributed by atoms with Gasteiger partial charge in [0.05, 0.1) is 13.3 Å². The lowest BCUT2D eigenvalue weighted by atomic mass is 10.5. The van der Waals surface area contributed by atoms with Crippen molar-refractivity contribution in [3.63, 3.8) is 0 Å². The highest BCUT2D eigenvalue weighted by molar-refractivity contribution is 5.40. The third kappa shape index (κ3) is 0.849. The Kier molecular flexibility index (Phi) is 1.33. The molecule has 2 rings (SSSR count). The molecule has 0 aliphatic rings. The van der Waals surface area contributed by atoms with Crippen LogP contribution in [0.3, 0.4) is 0 Å². The first-order valence-electron chi connectivity index (χ1n) is 3.29. The number of H-pyrrole nitrogens is 1. The Morgan fingerprint density at radius 1 is 1.67 bits per heavy atom. The van der Waals surface area contributed by atoms with E-state index in [9.17, 15) is 4.79 Å². The van der Waals surface area contributed by atoms with Gasteiger partial charge in [0.15, 0.2) is 5.65 Å². The predicted molar refractivity (Wildman–Crippen MR) is 40.2 cm³/mol. The van der Waals surface area contributed by atoms with Crippen LogP contribution in [-0.4, -0.2) is 26.9 Å². The van der Waals surface area contributed by atoms with Crippen LogP contribution >= 0.6 is 0 Å². The smallest absolute Gasteiger partial charge is 0.364 e. The maximum atomic E-state index is 10.9. The first kappa shape index (κ1) is 6.84. The monoisotopic (exact) mass is 166 g/mol. The first-order valence-corrected chi connectivity index (χ1v) is 3.29. The molecule has 6 nitrogen and oxygen atoms in total. The quantitative estimate of drug-likeness (QED) is 0.615. The summed E-state index contributed by atoms with van der Waals surface area (Å²) in [5.41, 5.74) is 0.0898. The summed E-state index contributed by atoms with van der Waals surface area (Å²) in [4.78, 5) is 10.9. The van der Waals surface area contributed by atoms with Crippen molar-refractivity contribution in [3.8, 4) is 5.75 Å². The minimum atomic E-state index is -0.354. The third-order valence-corrected chi connectivity index (χ3v) is 1.48. The van der Waals surface area contributed by atoms with Crippen LogP contribution in [0.4, 0.5) is 0 Å². The Morgan fingerprint density at radius 2 is 2.50 bits per heavy atom. The second-order valence-corrected chi connectivity index (χ2v) is 2.19. The van der Waals surface area contributed by atoms with E-state index >= 15 is 0 Å². The highest BCUT2D eigenvalue weighted by atomic mass is 16.5. The van der Waals surface area contributed by atoms with E-state index < -0.39 is 0 Å². The molecule has 6 heteroatoms. The highest BCUT2D eigenvalue weighted by Gasteiger charge is 2.00. The Labute approximate surface area is 66.8 Å². The normalized spacial score (nSPS) is 10.4. The number of aromatic nitrogens is 4. The molecule has 2 aromatic heterocycles. The van der Waals surface area contributed by atoms with Gasteiger partial charge in [-0.25, -0.2) is 9.89 Å². The number of hydrogen-bond acceptors (Lipinski definition) is 4. The van der Waals surface area contributed by atoms with Gasteiger partial charge >= 0.3 is 5.69 Å². The first-order chi connectivity index (χ1) is 5.81. The zero-order valence-electron chi connectivity index (χ0n) is 6.31. The average Bonchev–Trinajstić information content (AvgIpc) is 2.47. The van der Waals surface area contributed by atoms with Crippen LogP contribution in [0.2, 0.25) is 0 Å².